The van der Waals surface area contributed by atoms with E-state index in [-0.39, 0.29) is 10.8 Å². The molecule has 3 aliphatic rings. The van der Waals surface area contributed by atoms with Crippen molar-refractivity contribution in [3.63, 3.8) is 0 Å². The lowest BCUT2D eigenvalue weighted by molar-refractivity contribution is 0.320. The zero-order chi connectivity index (χ0) is 40.3. The first-order valence-electron chi connectivity index (χ1n) is 21.8. The van der Waals surface area contributed by atoms with Gasteiger partial charge in [0.05, 0.1) is 0 Å². The van der Waals surface area contributed by atoms with Crippen LogP contribution in [-0.2, 0) is 10.8 Å². The average molecular weight is 775 g/mol. The van der Waals surface area contributed by atoms with Gasteiger partial charge in [0, 0.05) is 45.0 Å². The normalized spacial score (nSPS) is 19.4. The Kier molecular flexibility index (Phi) is 8.85. The molecule has 60 heavy (non-hydrogen) atoms. The topological polar surface area (TPSA) is 6.48 Å². The second kappa shape index (κ2) is 14.6. The molecule has 8 aromatic rings. The highest BCUT2D eigenvalue weighted by Gasteiger charge is 2.52. The molecule has 0 spiro atoms. The van der Waals surface area contributed by atoms with Crippen LogP contribution in [0.1, 0.15) is 61.8 Å². The number of nitrogens with zero attached hydrogens (tertiary/aromatic N) is 2. The number of hydrogen-bond donors (Lipinski definition) is 0. The molecule has 2 heteroatoms. The summed E-state index contributed by atoms with van der Waals surface area (Å²) < 4.78 is 0. The Morgan fingerprint density at radius 2 is 0.833 bits per heavy atom. The molecule has 2 saturated carbocycles. The zero-order valence-electron chi connectivity index (χ0n) is 34.5. The quantitative estimate of drug-likeness (QED) is 0.144. The lowest BCUT2D eigenvalue weighted by Crippen LogP contribution is -2.34. The predicted molar refractivity (Wildman–Crippen MR) is 251 cm³/mol. The van der Waals surface area contributed by atoms with Gasteiger partial charge in [-0.15, -0.1) is 0 Å². The van der Waals surface area contributed by atoms with Crippen LogP contribution in [0.3, 0.4) is 0 Å². The Hall–Kier alpha value is -6.64. The number of benzene rings is 8. The molecule has 0 aromatic heterocycles. The molecule has 0 amide bonds. The largest absolute Gasteiger partial charge is 0.311 e. The fraction of sp³-hybridized carbons (Fsp3) is 0.172. The van der Waals surface area contributed by atoms with Crippen molar-refractivity contribution in [2.24, 2.45) is 11.8 Å². The van der Waals surface area contributed by atoms with E-state index < -0.39 is 0 Å². The van der Waals surface area contributed by atoms with Gasteiger partial charge in [-0.3, -0.25) is 0 Å². The van der Waals surface area contributed by atoms with Crippen molar-refractivity contribution in [3.05, 3.63) is 229 Å². The first-order valence-corrected chi connectivity index (χ1v) is 21.8. The SMILES string of the molecule is CC1(C)c2cc(-c3ccccc3)ccc2-c2ccc(N(c3ccccc3)c3ccc(C4(c5ccc(N(c6ccccc6)c6ccccc6)cc5)CC5CCC4C5)cc3)cc21. The summed E-state index contributed by atoms with van der Waals surface area (Å²) in [6.07, 6.45) is 5.18. The van der Waals surface area contributed by atoms with Crippen LogP contribution < -0.4 is 9.80 Å². The maximum absolute atomic E-state index is 2.46. The minimum absolute atomic E-state index is 0.00382. The Balaban J connectivity index is 0.957. The molecule has 0 radical (unpaired) electrons. The molecule has 292 valence electrons. The number of hydrogen-bond acceptors (Lipinski definition) is 2. The van der Waals surface area contributed by atoms with Gasteiger partial charge < -0.3 is 9.80 Å². The third kappa shape index (κ3) is 6.00. The van der Waals surface area contributed by atoms with E-state index in [2.05, 4.69) is 230 Å². The summed E-state index contributed by atoms with van der Waals surface area (Å²) in [5.74, 6) is 1.43. The Labute approximate surface area is 355 Å². The van der Waals surface area contributed by atoms with Crippen molar-refractivity contribution in [3.8, 4) is 22.3 Å². The van der Waals surface area contributed by atoms with Crippen molar-refractivity contribution in [1.29, 1.82) is 0 Å². The summed E-state index contributed by atoms with van der Waals surface area (Å²) >= 11 is 0. The molecule has 0 aliphatic heterocycles. The first kappa shape index (κ1) is 36.4. The van der Waals surface area contributed by atoms with Crippen molar-refractivity contribution in [1.82, 2.24) is 0 Å². The van der Waals surface area contributed by atoms with Gasteiger partial charge in [-0.1, -0.05) is 148 Å². The van der Waals surface area contributed by atoms with Crippen molar-refractivity contribution >= 4 is 34.1 Å². The van der Waals surface area contributed by atoms with E-state index in [0.717, 1.165) is 11.6 Å². The Bertz CT molecular complexity index is 2740. The van der Waals surface area contributed by atoms with E-state index in [1.165, 1.54) is 98.6 Å². The van der Waals surface area contributed by atoms with E-state index in [1.54, 1.807) is 0 Å². The fourth-order valence-corrected chi connectivity index (χ4v) is 11.3. The summed E-state index contributed by atoms with van der Waals surface area (Å²) in [5, 5.41) is 0. The van der Waals surface area contributed by atoms with Crippen molar-refractivity contribution < 1.29 is 0 Å². The minimum Gasteiger partial charge on any atom is -0.311 e. The smallest absolute Gasteiger partial charge is 0.0465 e. The first-order chi connectivity index (χ1) is 29.5. The van der Waals surface area contributed by atoms with E-state index in [0.29, 0.717) is 5.92 Å². The monoisotopic (exact) mass is 774 g/mol. The summed E-state index contributed by atoms with van der Waals surface area (Å²) in [6, 6.07) is 76.5. The molecule has 3 atom stereocenters. The van der Waals surface area contributed by atoms with Gasteiger partial charge in [-0.2, -0.15) is 0 Å². The molecular formula is C58H50N2. The van der Waals surface area contributed by atoms with Crippen molar-refractivity contribution in [2.45, 2.75) is 50.4 Å². The van der Waals surface area contributed by atoms with Crippen LogP contribution in [0.15, 0.2) is 206 Å². The van der Waals surface area contributed by atoms with Crippen LogP contribution in [0.2, 0.25) is 0 Å². The average Bonchev–Trinajstić information content (AvgIpc) is 4.00. The van der Waals surface area contributed by atoms with Gasteiger partial charge in [0.1, 0.15) is 0 Å². The van der Waals surface area contributed by atoms with Crippen LogP contribution in [0.25, 0.3) is 22.3 Å². The second-order valence-electron chi connectivity index (χ2n) is 17.8. The van der Waals surface area contributed by atoms with Gasteiger partial charge in [0.15, 0.2) is 0 Å². The standard InChI is InChI=1S/C58H50N2/c1-57(2)55-38-43(42-15-7-3-8-16-42)24-35-53(55)54-36-34-52(39-56(54)57)60(49-21-13-6-14-22-49)51-32-28-45(29-33-51)58(40-41-23-25-46(58)37-41)44-26-30-50(31-27-44)59(47-17-9-4-10-18-47)48-19-11-5-12-20-48/h3-22,24,26-36,38-39,41,46H,23,25,37,40H2,1-2H3. The molecule has 0 saturated heterocycles. The molecule has 0 heterocycles. The summed E-state index contributed by atoms with van der Waals surface area (Å²) in [6.45, 7) is 4.78. The fourth-order valence-electron chi connectivity index (χ4n) is 11.3. The number of fused-ring (bicyclic) bond motifs is 5. The molecule has 2 fully saturated rings. The molecule has 0 N–H and O–H groups in total. The van der Waals surface area contributed by atoms with E-state index in [9.17, 15) is 0 Å². The molecule has 11 rings (SSSR count). The highest BCUT2D eigenvalue weighted by atomic mass is 15.1. The van der Waals surface area contributed by atoms with Crippen LogP contribution in [0, 0.1) is 11.8 Å². The molecule has 2 bridgehead atoms. The maximum atomic E-state index is 2.46. The van der Waals surface area contributed by atoms with Crippen LogP contribution in [0.5, 0.6) is 0 Å². The molecular weight excluding hydrogens is 725 g/mol. The van der Waals surface area contributed by atoms with Crippen molar-refractivity contribution in [2.75, 3.05) is 9.80 Å². The van der Waals surface area contributed by atoms with E-state index in [1.807, 2.05) is 0 Å². The number of rotatable bonds is 9. The predicted octanol–water partition coefficient (Wildman–Crippen LogP) is 15.7. The molecule has 3 unspecified atom stereocenters. The van der Waals surface area contributed by atoms with Gasteiger partial charge in [-0.05, 0) is 154 Å². The minimum atomic E-state index is -0.138. The van der Waals surface area contributed by atoms with Crippen LogP contribution >= 0.6 is 0 Å². The van der Waals surface area contributed by atoms with Gasteiger partial charge in [-0.25, -0.2) is 0 Å². The Morgan fingerprint density at radius 1 is 0.400 bits per heavy atom. The lowest BCUT2D eigenvalue weighted by Gasteiger charge is -2.40. The third-order valence-corrected chi connectivity index (χ3v) is 14.2. The molecule has 2 nitrogen and oxygen atoms in total. The Morgan fingerprint density at radius 3 is 1.32 bits per heavy atom. The highest BCUT2D eigenvalue weighted by molar-refractivity contribution is 5.87. The van der Waals surface area contributed by atoms with E-state index in [4.69, 9.17) is 0 Å². The van der Waals surface area contributed by atoms with Gasteiger partial charge in [0.2, 0.25) is 0 Å². The lowest BCUT2D eigenvalue weighted by atomic mass is 9.64. The number of para-hydroxylation sites is 3. The third-order valence-electron chi connectivity index (χ3n) is 14.2. The van der Waals surface area contributed by atoms with Crippen LogP contribution in [0.4, 0.5) is 34.1 Å². The molecule has 3 aliphatic carbocycles. The van der Waals surface area contributed by atoms with Gasteiger partial charge in [0.25, 0.3) is 0 Å². The second-order valence-corrected chi connectivity index (χ2v) is 17.8. The zero-order valence-corrected chi connectivity index (χ0v) is 34.5. The molecule has 8 aromatic carbocycles. The maximum Gasteiger partial charge on any atom is 0.0465 e. The van der Waals surface area contributed by atoms with Crippen LogP contribution in [-0.4, -0.2) is 0 Å². The summed E-state index contributed by atoms with van der Waals surface area (Å²) in [4.78, 5) is 4.81. The highest BCUT2D eigenvalue weighted by Crippen LogP contribution is 2.60. The summed E-state index contributed by atoms with van der Waals surface area (Å²) in [7, 11) is 0. The van der Waals surface area contributed by atoms with E-state index >= 15 is 0 Å². The summed E-state index contributed by atoms with van der Waals surface area (Å²) in [5.41, 5.74) is 17.8. The number of anilines is 6. The van der Waals surface area contributed by atoms with Gasteiger partial charge >= 0.3 is 0 Å².